The van der Waals surface area contributed by atoms with Crippen LogP contribution in [0, 0.1) is 24.7 Å². The maximum atomic E-state index is 13.2. The Morgan fingerprint density at radius 1 is 1.19 bits per heavy atom. The Hall–Kier alpha value is -3.26. The summed E-state index contributed by atoms with van der Waals surface area (Å²) < 4.78 is 23.4. The van der Waals surface area contributed by atoms with Crippen LogP contribution in [0.25, 0.3) is 0 Å². The number of carbonyl (C=O) groups excluding carboxylic acids is 2. The Kier molecular flexibility index (Phi) is 7.03. The van der Waals surface area contributed by atoms with Gasteiger partial charge >= 0.3 is 12.1 Å². The fourth-order valence-corrected chi connectivity index (χ4v) is 5.87. The highest BCUT2D eigenvalue weighted by molar-refractivity contribution is 5.96. The molecule has 3 atom stereocenters. The summed E-state index contributed by atoms with van der Waals surface area (Å²) in [6.07, 6.45) is 2.81. The molecule has 1 amide bonds. The molecule has 37 heavy (non-hydrogen) atoms. The van der Waals surface area contributed by atoms with Gasteiger partial charge in [-0.05, 0) is 80.2 Å². The Morgan fingerprint density at radius 2 is 1.92 bits per heavy atom. The molecule has 0 aromatic heterocycles. The van der Waals surface area contributed by atoms with E-state index < -0.39 is 18.2 Å². The monoisotopic (exact) mass is 509 g/mol. The van der Waals surface area contributed by atoms with Crippen molar-refractivity contribution in [1.82, 2.24) is 4.90 Å². The van der Waals surface area contributed by atoms with Crippen LogP contribution in [0.4, 0.5) is 4.79 Å². The van der Waals surface area contributed by atoms with Crippen LogP contribution in [0.3, 0.4) is 0 Å². The van der Waals surface area contributed by atoms with Gasteiger partial charge in [-0.25, -0.2) is 9.59 Å². The van der Waals surface area contributed by atoms with Gasteiger partial charge in [0.1, 0.15) is 23.7 Å². The molecular formula is C29H35NO7. The Labute approximate surface area is 217 Å². The number of rotatable bonds is 5. The van der Waals surface area contributed by atoms with Crippen LogP contribution in [0.2, 0.25) is 0 Å². The third kappa shape index (κ3) is 5.12. The number of methoxy groups -OCH3 is 1. The summed E-state index contributed by atoms with van der Waals surface area (Å²) in [6.45, 7) is 7.27. The predicted octanol–water partition coefficient (Wildman–Crippen LogP) is 5.78. The van der Waals surface area contributed by atoms with Crippen LogP contribution in [-0.4, -0.2) is 42.3 Å². The van der Waals surface area contributed by atoms with Crippen molar-refractivity contribution in [2.75, 3.05) is 20.2 Å². The van der Waals surface area contributed by atoms with E-state index >= 15 is 0 Å². The van der Waals surface area contributed by atoms with Crippen molar-refractivity contribution < 1.29 is 33.6 Å². The molecule has 2 aromatic carbocycles. The highest BCUT2D eigenvalue weighted by Gasteiger charge is 2.36. The van der Waals surface area contributed by atoms with E-state index in [0.717, 1.165) is 18.4 Å². The minimum absolute atomic E-state index is 0.0599. The summed E-state index contributed by atoms with van der Waals surface area (Å²) in [6, 6.07) is 6.93. The number of ether oxygens (including phenoxy) is 4. The number of aliphatic hydroxyl groups excluding tert-OH is 1. The van der Waals surface area contributed by atoms with Gasteiger partial charge in [0.25, 0.3) is 0 Å². The number of esters is 1. The molecule has 1 N–H and O–H groups in total. The molecule has 5 rings (SSSR count). The van der Waals surface area contributed by atoms with Crippen molar-refractivity contribution in [2.24, 2.45) is 17.8 Å². The molecule has 3 aliphatic rings. The number of carbonyl (C=O) groups is 2. The largest absolute Gasteiger partial charge is 0.495 e. The van der Waals surface area contributed by atoms with E-state index in [-0.39, 0.29) is 35.3 Å². The molecule has 198 valence electrons. The average molecular weight is 510 g/mol. The quantitative estimate of drug-likeness (QED) is 0.511. The van der Waals surface area contributed by atoms with Crippen LogP contribution in [0.5, 0.6) is 23.0 Å². The van der Waals surface area contributed by atoms with Crippen LogP contribution in [-0.2, 0) is 11.3 Å². The van der Waals surface area contributed by atoms with Gasteiger partial charge in [0.2, 0.25) is 0 Å². The van der Waals surface area contributed by atoms with Gasteiger partial charge in [0.05, 0.1) is 13.2 Å². The zero-order valence-electron chi connectivity index (χ0n) is 21.9. The van der Waals surface area contributed by atoms with Crippen molar-refractivity contribution in [2.45, 2.75) is 59.2 Å². The predicted molar refractivity (Wildman–Crippen MR) is 136 cm³/mol. The lowest BCUT2D eigenvalue weighted by Crippen LogP contribution is -2.42. The Balaban J connectivity index is 1.49. The number of hydrogen-bond acceptors (Lipinski definition) is 7. The minimum atomic E-state index is -0.815. The van der Waals surface area contributed by atoms with Gasteiger partial charge in [0, 0.05) is 24.2 Å². The number of likely N-dealkylation sites (tertiary alicyclic amines) is 1. The number of hydrogen-bond donors (Lipinski definition) is 1. The van der Waals surface area contributed by atoms with Crippen LogP contribution in [0.15, 0.2) is 24.3 Å². The summed E-state index contributed by atoms with van der Waals surface area (Å²) in [7, 11) is 1.45. The minimum Gasteiger partial charge on any atom is -0.495 e. The van der Waals surface area contributed by atoms with E-state index in [1.54, 1.807) is 23.1 Å². The number of piperidine rings is 1. The van der Waals surface area contributed by atoms with Gasteiger partial charge < -0.3 is 29.0 Å². The topological polar surface area (TPSA) is 94.5 Å². The standard InChI is InChI=1S/C29H35NO7/c1-16(2)9-22(31)21-7-8-23-25(27(21)34-4)28(32)35-15-20-10-17(3)11-24(26(20)36-23)37-29(33)30-13-18-5-6-19(12-18)14-30/h7-8,10-11,16,18-19,22,31H,5-6,9,12-15H2,1-4H3/t18?,19?,22-/m0/s1. The molecule has 8 nitrogen and oxygen atoms in total. The van der Waals surface area contributed by atoms with Gasteiger partial charge in [0.15, 0.2) is 11.5 Å². The first-order chi connectivity index (χ1) is 17.7. The average Bonchev–Trinajstić information content (AvgIpc) is 3.19. The smallest absolute Gasteiger partial charge is 0.415 e. The van der Waals surface area contributed by atoms with Crippen molar-refractivity contribution >= 4 is 12.1 Å². The number of nitrogens with zero attached hydrogens (tertiary/aromatic N) is 1. The maximum absolute atomic E-state index is 13.2. The molecule has 2 unspecified atom stereocenters. The lowest BCUT2D eigenvalue weighted by atomic mass is 9.96. The Morgan fingerprint density at radius 3 is 2.59 bits per heavy atom. The first-order valence-corrected chi connectivity index (χ1v) is 13.1. The molecule has 2 bridgehead atoms. The van der Waals surface area contributed by atoms with Crippen LogP contribution in [0.1, 0.15) is 72.7 Å². The lowest BCUT2D eigenvalue weighted by molar-refractivity contribution is 0.0453. The number of amides is 1. The molecule has 2 aromatic rings. The maximum Gasteiger partial charge on any atom is 0.415 e. The Bertz CT molecular complexity index is 1200. The van der Waals surface area contributed by atoms with E-state index in [0.29, 0.717) is 48.2 Å². The number of aryl methyl sites for hydroxylation is 1. The normalized spacial score (nSPS) is 21.2. The molecular weight excluding hydrogens is 474 g/mol. The molecule has 8 heteroatoms. The molecule has 0 radical (unpaired) electrons. The van der Waals surface area contributed by atoms with Crippen molar-refractivity contribution in [3.8, 4) is 23.0 Å². The van der Waals surface area contributed by atoms with Gasteiger partial charge in [-0.1, -0.05) is 13.8 Å². The van der Waals surface area contributed by atoms with E-state index in [1.165, 1.54) is 13.5 Å². The van der Waals surface area contributed by atoms with Crippen molar-refractivity contribution in [1.29, 1.82) is 0 Å². The fourth-order valence-electron chi connectivity index (χ4n) is 5.87. The zero-order chi connectivity index (χ0) is 26.3. The van der Waals surface area contributed by atoms with E-state index in [4.69, 9.17) is 18.9 Å². The van der Waals surface area contributed by atoms with Crippen LogP contribution < -0.4 is 14.2 Å². The molecule has 2 heterocycles. The van der Waals surface area contributed by atoms with Gasteiger partial charge in [-0.15, -0.1) is 0 Å². The van der Waals surface area contributed by atoms with E-state index in [2.05, 4.69) is 0 Å². The third-order valence-corrected chi connectivity index (χ3v) is 7.52. The van der Waals surface area contributed by atoms with Crippen LogP contribution >= 0.6 is 0 Å². The summed E-state index contributed by atoms with van der Waals surface area (Å²) in [4.78, 5) is 28.1. The fraction of sp³-hybridized carbons (Fsp3) is 0.517. The highest BCUT2D eigenvalue weighted by atomic mass is 16.6. The van der Waals surface area contributed by atoms with E-state index in [1.807, 2.05) is 26.8 Å². The summed E-state index contributed by atoms with van der Waals surface area (Å²) in [5, 5.41) is 10.8. The SMILES string of the molecule is COc1c([C@@H](O)CC(C)C)ccc2c1C(=O)OCc1cc(C)cc(OC(=O)N3CC4CCC(C4)C3)c1O2. The summed E-state index contributed by atoms with van der Waals surface area (Å²) >= 11 is 0. The van der Waals surface area contributed by atoms with Gasteiger partial charge in [-0.2, -0.15) is 0 Å². The number of fused-ring (bicyclic) bond motifs is 4. The molecule has 1 aliphatic carbocycles. The molecule has 1 saturated carbocycles. The highest BCUT2D eigenvalue weighted by Crippen LogP contribution is 2.45. The second kappa shape index (κ2) is 10.2. The number of aliphatic hydroxyl groups is 1. The summed E-state index contributed by atoms with van der Waals surface area (Å²) in [5.74, 6) is 1.75. The second-order valence-corrected chi connectivity index (χ2v) is 11.0. The first-order valence-electron chi connectivity index (χ1n) is 13.1. The lowest BCUT2D eigenvalue weighted by Gasteiger charge is -2.31. The first kappa shape index (κ1) is 25.4. The number of benzene rings is 2. The van der Waals surface area contributed by atoms with Gasteiger partial charge in [-0.3, -0.25) is 0 Å². The van der Waals surface area contributed by atoms with Crippen molar-refractivity contribution in [3.63, 3.8) is 0 Å². The molecule has 1 saturated heterocycles. The molecule has 0 spiro atoms. The van der Waals surface area contributed by atoms with E-state index in [9.17, 15) is 14.7 Å². The number of cyclic esters (lactones) is 1. The van der Waals surface area contributed by atoms with Crippen molar-refractivity contribution in [3.05, 3.63) is 46.5 Å². The molecule has 2 fully saturated rings. The third-order valence-electron chi connectivity index (χ3n) is 7.52. The second-order valence-electron chi connectivity index (χ2n) is 11.0. The molecule has 2 aliphatic heterocycles. The zero-order valence-corrected chi connectivity index (χ0v) is 21.9. The summed E-state index contributed by atoms with van der Waals surface area (Å²) in [5.41, 5.74) is 2.04.